The third kappa shape index (κ3) is 2.65. The zero-order chi connectivity index (χ0) is 13.0. The van der Waals surface area contributed by atoms with Crippen LogP contribution in [0.25, 0.3) is 0 Å². The Morgan fingerprint density at radius 1 is 1.47 bits per heavy atom. The Labute approximate surface area is 102 Å². The van der Waals surface area contributed by atoms with Crippen molar-refractivity contribution in [3.8, 4) is 5.75 Å². The molecule has 1 aromatic carbocycles. The van der Waals surface area contributed by atoms with Gasteiger partial charge < -0.3 is 9.47 Å². The number of alkyl halides is 1. The monoisotopic (exact) mass is 259 g/mol. The van der Waals surface area contributed by atoms with E-state index in [1.54, 1.807) is 0 Å². The zero-order valence-corrected chi connectivity index (χ0v) is 9.98. The van der Waals surface area contributed by atoms with Gasteiger partial charge in [-0.3, -0.25) is 10.1 Å². The molecule has 0 spiro atoms. The molecule has 92 valence electrons. The summed E-state index contributed by atoms with van der Waals surface area (Å²) < 4.78 is 9.42. The van der Waals surface area contributed by atoms with E-state index in [9.17, 15) is 14.9 Å². The molecule has 0 unspecified atom stereocenters. The third-order valence-corrected chi connectivity index (χ3v) is 2.41. The SMILES string of the molecule is COC(=O)c1c(OC)cc(CCl)cc1[N+](=O)[O-]. The fourth-order valence-corrected chi connectivity index (χ4v) is 1.50. The lowest BCUT2D eigenvalue weighted by atomic mass is 10.1. The largest absolute Gasteiger partial charge is 0.496 e. The Morgan fingerprint density at radius 3 is 2.53 bits per heavy atom. The first-order valence-corrected chi connectivity index (χ1v) is 5.08. The van der Waals surface area contributed by atoms with Gasteiger partial charge in [-0.1, -0.05) is 0 Å². The first kappa shape index (κ1) is 13.2. The molecule has 1 rings (SSSR count). The predicted molar refractivity (Wildman–Crippen MR) is 60.5 cm³/mol. The molecule has 0 atom stereocenters. The predicted octanol–water partition coefficient (Wildman–Crippen LogP) is 2.13. The summed E-state index contributed by atoms with van der Waals surface area (Å²) in [6, 6.07) is 2.69. The molecule has 6 nitrogen and oxygen atoms in total. The van der Waals surface area contributed by atoms with Crippen LogP contribution < -0.4 is 4.74 Å². The first-order chi connectivity index (χ1) is 8.04. The Balaban J connectivity index is 3.52. The lowest BCUT2D eigenvalue weighted by Gasteiger charge is -2.08. The van der Waals surface area contributed by atoms with E-state index in [2.05, 4.69) is 4.74 Å². The van der Waals surface area contributed by atoms with E-state index >= 15 is 0 Å². The van der Waals surface area contributed by atoms with Gasteiger partial charge in [0.15, 0.2) is 5.56 Å². The Hall–Kier alpha value is -1.82. The maximum Gasteiger partial charge on any atom is 0.348 e. The molecule has 0 aliphatic heterocycles. The van der Waals surface area contributed by atoms with Gasteiger partial charge in [0.05, 0.1) is 19.1 Å². The molecule has 0 aromatic heterocycles. The molecule has 0 N–H and O–H groups in total. The second-order valence-electron chi connectivity index (χ2n) is 3.07. The van der Waals surface area contributed by atoms with Crippen LogP contribution in [-0.4, -0.2) is 25.1 Å². The molecule has 0 radical (unpaired) electrons. The minimum absolute atomic E-state index is 0.0710. The summed E-state index contributed by atoms with van der Waals surface area (Å²) in [4.78, 5) is 21.7. The van der Waals surface area contributed by atoms with Gasteiger partial charge in [-0.05, 0) is 11.6 Å². The summed E-state index contributed by atoms with van der Waals surface area (Å²) in [6.07, 6.45) is 0. The second kappa shape index (κ2) is 5.49. The van der Waals surface area contributed by atoms with Crippen LogP contribution in [0.15, 0.2) is 12.1 Å². The summed E-state index contributed by atoms with van der Waals surface area (Å²) >= 11 is 5.60. The van der Waals surface area contributed by atoms with Crippen molar-refractivity contribution in [2.75, 3.05) is 14.2 Å². The number of rotatable bonds is 4. The number of halogens is 1. The van der Waals surface area contributed by atoms with E-state index in [4.69, 9.17) is 16.3 Å². The van der Waals surface area contributed by atoms with Gasteiger partial charge >= 0.3 is 5.97 Å². The summed E-state index contributed by atoms with van der Waals surface area (Å²) in [7, 11) is 2.45. The van der Waals surface area contributed by atoms with Gasteiger partial charge in [0.1, 0.15) is 5.75 Å². The number of nitro groups is 1. The van der Waals surface area contributed by atoms with E-state index < -0.39 is 10.9 Å². The molecule has 7 heteroatoms. The van der Waals surface area contributed by atoms with Crippen LogP contribution in [-0.2, 0) is 10.6 Å². The van der Waals surface area contributed by atoms with E-state index in [0.29, 0.717) is 5.56 Å². The van der Waals surface area contributed by atoms with E-state index in [1.807, 2.05) is 0 Å². The fourth-order valence-electron chi connectivity index (χ4n) is 1.35. The van der Waals surface area contributed by atoms with Crippen LogP contribution in [0.4, 0.5) is 5.69 Å². The maximum atomic E-state index is 11.5. The summed E-state index contributed by atoms with van der Waals surface area (Å²) in [5, 5.41) is 10.9. The average Bonchev–Trinajstić information content (AvgIpc) is 2.35. The molecule has 0 fully saturated rings. The Morgan fingerprint density at radius 2 is 2.12 bits per heavy atom. The highest BCUT2D eigenvalue weighted by Gasteiger charge is 2.26. The quantitative estimate of drug-likeness (QED) is 0.358. The molecule has 17 heavy (non-hydrogen) atoms. The zero-order valence-electron chi connectivity index (χ0n) is 9.23. The van der Waals surface area contributed by atoms with Gasteiger partial charge in [-0.15, -0.1) is 11.6 Å². The average molecular weight is 260 g/mol. The maximum absolute atomic E-state index is 11.5. The van der Waals surface area contributed by atoms with Crippen LogP contribution in [0, 0.1) is 10.1 Å². The number of methoxy groups -OCH3 is 2. The summed E-state index contributed by atoms with van der Waals surface area (Å²) in [6.45, 7) is 0. The molecular weight excluding hydrogens is 250 g/mol. The number of benzene rings is 1. The summed E-state index contributed by atoms with van der Waals surface area (Å²) in [5.41, 5.74) is -0.108. The number of nitro benzene ring substituents is 1. The molecule has 0 saturated carbocycles. The molecule has 0 bridgehead atoms. The smallest absolute Gasteiger partial charge is 0.348 e. The van der Waals surface area contributed by atoms with Crippen LogP contribution in [0.2, 0.25) is 0 Å². The molecule has 0 heterocycles. The number of hydrogen-bond acceptors (Lipinski definition) is 5. The van der Waals surface area contributed by atoms with Gasteiger partial charge in [0, 0.05) is 11.9 Å². The van der Waals surface area contributed by atoms with Crippen LogP contribution in [0.3, 0.4) is 0 Å². The first-order valence-electron chi connectivity index (χ1n) is 4.54. The number of ether oxygens (including phenoxy) is 2. The molecule has 0 amide bonds. The highest BCUT2D eigenvalue weighted by molar-refractivity contribution is 6.17. The Bertz CT molecular complexity index is 460. The van der Waals surface area contributed by atoms with Crippen molar-refractivity contribution >= 4 is 23.3 Å². The van der Waals surface area contributed by atoms with Gasteiger partial charge in [0.2, 0.25) is 0 Å². The second-order valence-corrected chi connectivity index (χ2v) is 3.34. The lowest BCUT2D eigenvalue weighted by molar-refractivity contribution is -0.385. The number of esters is 1. The molecule has 0 aliphatic rings. The highest BCUT2D eigenvalue weighted by atomic mass is 35.5. The van der Waals surface area contributed by atoms with Gasteiger partial charge in [-0.2, -0.15) is 0 Å². The Kier molecular flexibility index (Phi) is 4.28. The highest BCUT2D eigenvalue weighted by Crippen LogP contribution is 2.31. The number of carbonyl (C=O) groups is 1. The van der Waals surface area contributed by atoms with Crippen LogP contribution >= 0.6 is 11.6 Å². The van der Waals surface area contributed by atoms with Crippen LogP contribution in [0.5, 0.6) is 5.75 Å². The van der Waals surface area contributed by atoms with Crippen molar-refractivity contribution in [3.63, 3.8) is 0 Å². The minimum Gasteiger partial charge on any atom is -0.496 e. The normalized spacial score (nSPS) is 9.82. The van der Waals surface area contributed by atoms with E-state index in [-0.39, 0.29) is 22.9 Å². The van der Waals surface area contributed by atoms with E-state index in [1.165, 1.54) is 19.2 Å². The molecular formula is C10H10ClNO5. The van der Waals surface area contributed by atoms with Crippen molar-refractivity contribution < 1.29 is 19.2 Å². The molecule has 0 aliphatic carbocycles. The van der Waals surface area contributed by atoms with Crippen molar-refractivity contribution in [1.82, 2.24) is 0 Å². The van der Waals surface area contributed by atoms with Gasteiger partial charge in [0.25, 0.3) is 5.69 Å². The number of hydrogen-bond donors (Lipinski definition) is 0. The molecule has 1 aromatic rings. The fraction of sp³-hybridized carbons (Fsp3) is 0.300. The third-order valence-electron chi connectivity index (χ3n) is 2.10. The lowest BCUT2D eigenvalue weighted by Crippen LogP contribution is -2.08. The number of carbonyl (C=O) groups excluding carboxylic acids is 1. The van der Waals surface area contributed by atoms with Crippen molar-refractivity contribution in [3.05, 3.63) is 33.4 Å². The topological polar surface area (TPSA) is 78.7 Å². The van der Waals surface area contributed by atoms with Crippen molar-refractivity contribution in [2.24, 2.45) is 0 Å². The van der Waals surface area contributed by atoms with Gasteiger partial charge in [-0.25, -0.2) is 4.79 Å². The minimum atomic E-state index is -0.824. The molecule has 0 saturated heterocycles. The standard InChI is InChI=1S/C10H10ClNO5/c1-16-8-4-6(5-11)3-7(12(14)15)9(8)10(13)17-2/h3-4H,5H2,1-2H3. The van der Waals surface area contributed by atoms with Crippen LogP contribution in [0.1, 0.15) is 15.9 Å². The van der Waals surface area contributed by atoms with E-state index in [0.717, 1.165) is 7.11 Å². The number of nitrogens with zero attached hydrogens (tertiary/aromatic N) is 1. The van der Waals surface area contributed by atoms with Crippen molar-refractivity contribution in [1.29, 1.82) is 0 Å². The summed E-state index contributed by atoms with van der Waals surface area (Å²) in [5.74, 6) is -0.671. The van der Waals surface area contributed by atoms with Crippen molar-refractivity contribution in [2.45, 2.75) is 5.88 Å².